The second kappa shape index (κ2) is 12.2. The number of nitrogens with zero attached hydrogens (tertiary/aromatic N) is 4. The molecule has 38 heavy (non-hydrogen) atoms. The summed E-state index contributed by atoms with van der Waals surface area (Å²) in [5, 5.41) is 8.64. The number of hydrogen-bond donors (Lipinski definition) is 0. The lowest BCUT2D eigenvalue weighted by atomic mass is 10.0. The fourth-order valence-corrected chi connectivity index (χ4v) is 5.68. The van der Waals surface area contributed by atoms with Gasteiger partial charge in [-0.05, 0) is 35.2 Å². The van der Waals surface area contributed by atoms with Gasteiger partial charge in [0.2, 0.25) is 0 Å². The Balaban J connectivity index is 1.41. The molecule has 0 radical (unpaired) electrons. The number of rotatable bonds is 8. The monoisotopic (exact) mass is 554 g/mol. The Bertz CT molecular complexity index is 1310. The minimum absolute atomic E-state index is 0.0610. The maximum absolute atomic E-state index is 14.6. The van der Waals surface area contributed by atoms with Gasteiger partial charge in [0.1, 0.15) is 12.4 Å². The zero-order valence-corrected chi connectivity index (χ0v) is 22.3. The van der Waals surface area contributed by atoms with Crippen LogP contribution in [0.5, 0.6) is 0 Å². The SMILES string of the molecule is O=C(c1ccccc1F)N(CCN1CCOCC1)CC(=O)N1N=C(c2cccs2)CC1c1ccccc1Cl. The molecule has 0 aliphatic carbocycles. The number of hydrogen-bond acceptors (Lipinski definition) is 6. The number of carbonyl (C=O) groups is 2. The first-order chi connectivity index (χ1) is 18.5. The maximum Gasteiger partial charge on any atom is 0.262 e. The van der Waals surface area contributed by atoms with Gasteiger partial charge in [-0.15, -0.1) is 11.3 Å². The number of amides is 2. The van der Waals surface area contributed by atoms with Crippen LogP contribution in [0.2, 0.25) is 5.02 Å². The highest BCUT2D eigenvalue weighted by atomic mass is 35.5. The molecular weight excluding hydrogens is 527 g/mol. The predicted molar refractivity (Wildman–Crippen MR) is 146 cm³/mol. The third-order valence-electron chi connectivity index (χ3n) is 6.74. The molecule has 0 saturated carbocycles. The molecule has 1 aromatic heterocycles. The molecule has 2 aliphatic rings. The Hall–Kier alpha value is -3.11. The third-order valence-corrected chi connectivity index (χ3v) is 8.01. The van der Waals surface area contributed by atoms with E-state index in [9.17, 15) is 14.0 Å². The van der Waals surface area contributed by atoms with Crippen LogP contribution in [0, 0.1) is 5.82 Å². The first-order valence-electron chi connectivity index (χ1n) is 12.5. The van der Waals surface area contributed by atoms with Crippen molar-refractivity contribution in [3.8, 4) is 0 Å². The van der Waals surface area contributed by atoms with Crippen LogP contribution in [0.15, 0.2) is 71.1 Å². The summed E-state index contributed by atoms with van der Waals surface area (Å²) in [6.45, 7) is 3.30. The van der Waals surface area contributed by atoms with Gasteiger partial charge < -0.3 is 9.64 Å². The van der Waals surface area contributed by atoms with E-state index in [4.69, 9.17) is 21.4 Å². The zero-order valence-electron chi connectivity index (χ0n) is 20.8. The molecule has 0 N–H and O–H groups in total. The number of halogens is 2. The van der Waals surface area contributed by atoms with Crippen molar-refractivity contribution in [2.24, 2.45) is 5.10 Å². The van der Waals surface area contributed by atoms with Crippen molar-refractivity contribution in [2.75, 3.05) is 45.9 Å². The summed E-state index contributed by atoms with van der Waals surface area (Å²) >= 11 is 8.08. The maximum atomic E-state index is 14.6. The van der Waals surface area contributed by atoms with Gasteiger partial charge in [-0.25, -0.2) is 9.40 Å². The summed E-state index contributed by atoms with van der Waals surface area (Å²) in [6, 6.07) is 16.8. The van der Waals surface area contributed by atoms with Crippen molar-refractivity contribution in [3.05, 3.63) is 92.9 Å². The van der Waals surface area contributed by atoms with Crippen molar-refractivity contribution >= 4 is 40.5 Å². The molecule has 1 atom stereocenters. The number of ether oxygens (including phenoxy) is 1. The summed E-state index contributed by atoms with van der Waals surface area (Å²) in [7, 11) is 0. The molecule has 1 fully saturated rings. The van der Waals surface area contributed by atoms with Gasteiger partial charge in [-0.3, -0.25) is 14.5 Å². The topological polar surface area (TPSA) is 65.5 Å². The smallest absolute Gasteiger partial charge is 0.262 e. The van der Waals surface area contributed by atoms with Gasteiger partial charge in [0.25, 0.3) is 11.8 Å². The van der Waals surface area contributed by atoms with Crippen molar-refractivity contribution in [1.29, 1.82) is 0 Å². The van der Waals surface area contributed by atoms with Crippen molar-refractivity contribution in [3.63, 3.8) is 0 Å². The second-order valence-corrected chi connectivity index (χ2v) is 10.5. The van der Waals surface area contributed by atoms with Crippen molar-refractivity contribution < 1.29 is 18.7 Å². The van der Waals surface area contributed by atoms with Gasteiger partial charge in [0, 0.05) is 37.6 Å². The van der Waals surface area contributed by atoms with Crippen LogP contribution in [-0.2, 0) is 9.53 Å². The van der Waals surface area contributed by atoms with E-state index in [1.165, 1.54) is 28.1 Å². The average molecular weight is 555 g/mol. The van der Waals surface area contributed by atoms with Gasteiger partial charge in [-0.2, -0.15) is 5.10 Å². The Kier molecular flexibility index (Phi) is 8.48. The van der Waals surface area contributed by atoms with Gasteiger partial charge >= 0.3 is 0 Å². The minimum Gasteiger partial charge on any atom is -0.379 e. The fourth-order valence-electron chi connectivity index (χ4n) is 4.70. The molecule has 2 aliphatic heterocycles. The molecule has 3 aromatic rings. The molecule has 198 valence electrons. The summed E-state index contributed by atoms with van der Waals surface area (Å²) in [6.07, 6.45) is 0.505. The number of morpholine rings is 1. The van der Waals surface area contributed by atoms with E-state index in [0.717, 1.165) is 29.2 Å². The van der Waals surface area contributed by atoms with Crippen molar-refractivity contribution in [1.82, 2.24) is 14.8 Å². The first kappa shape index (κ1) is 26.5. The lowest BCUT2D eigenvalue weighted by molar-refractivity contribution is -0.133. The summed E-state index contributed by atoms with van der Waals surface area (Å²) in [5.74, 6) is -1.50. The molecule has 0 bridgehead atoms. The minimum atomic E-state index is -0.616. The highest BCUT2D eigenvalue weighted by Crippen LogP contribution is 2.37. The standard InChI is InChI=1S/C28H28ClFN4O3S/c29-22-8-3-1-6-20(22)25-18-24(26-10-5-17-38-26)31-34(25)27(35)19-33(12-11-32-13-15-37-16-14-32)28(36)21-7-2-4-9-23(21)30/h1-10,17,25H,11-16,18-19H2. The number of hydrazone groups is 1. The highest BCUT2D eigenvalue weighted by Gasteiger charge is 2.36. The van der Waals surface area contributed by atoms with E-state index in [1.807, 2.05) is 35.7 Å². The normalized spacial score (nSPS) is 17.9. The third kappa shape index (κ3) is 5.96. The molecule has 2 aromatic carbocycles. The van der Waals surface area contributed by atoms with Crippen LogP contribution in [0.1, 0.15) is 33.3 Å². The van der Waals surface area contributed by atoms with Crippen LogP contribution >= 0.6 is 22.9 Å². The van der Waals surface area contributed by atoms with E-state index in [1.54, 1.807) is 23.5 Å². The molecule has 7 nitrogen and oxygen atoms in total. The Morgan fingerprint density at radius 1 is 1.08 bits per heavy atom. The van der Waals surface area contributed by atoms with E-state index in [-0.39, 0.29) is 24.6 Å². The predicted octanol–water partition coefficient (Wildman–Crippen LogP) is 4.69. The van der Waals surface area contributed by atoms with Crippen LogP contribution in [0.3, 0.4) is 0 Å². The molecule has 0 spiro atoms. The summed E-state index contributed by atoms with van der Waals surface area (Å²) in [4.78, 5) is 31.8. The molecule has 1 unspecified atom stereocenters. The largest absolute Gasteiger partial charge is 0.379 e. The van der Waals surface area contributed by atoms with Crippen LogP contribution in [0.4, 0.5) is 4.39 Å². The number of carbonyl (C=O) groups excluding carboxylic acids is 2. The van der Waals surface area contributed by atoms with Crippen LogP contribution in [-0.4, -0.2) is 78.3 Å². The first-order valence-corrected chi connectivity index (χ1v) is 13.8. The average Bonchev–Trinajstić information content (AvgIpc) is 3.62. The molecule has 1 saturated heterocycles. The molecular formula is C28H28ClFN4O3S. The van der Waals surface area contributed by atoms with Gasteiger partial charge in [0.15, 0.2) is 0 Å². The Labute approximate surface area is 230 Å². The summed E-state index contributed by atoms with van der Waals surface area (Å²) < 4.78 is 20.0. The lowest BCUT2D eigenvalue weighted by Gasteiger charge is -2.31. The molecule has 5 rings (SSSR count). The van der Waals surface area contributed by atoms with Crippen LogP contribution < -0.4 is 0 Å². The number of benzene rings is 2. The fraction of sp³-hybridized carbons (Fsp3) is 0.321. The van der Waals surface area contributed by atoms with Crippen LogP contribution in [0.25, 0.3) is 0 Å². The quantitative estimate of drug-likeness (QED) is 0.405. The van der Waals surface area contributed by atoms with Gasteiger partial charge in [-0.1, -0.05) is 48.0 Å². The zero-order chi connectivity index (χ0) is 26.5. The summed E-state index contributed by atoms with van der Waals surface area (Å²) in [5.41, 5.74) is 1.52. The van der Waals surface area contributed by atoms with Gasteiger partial charge in [0.05, 0.1) is 35.4 Å². The van der Waals surface area contributed by atoms with E-state index in [2.05, 4.69) is 4.90 Å². The van der Waals surface area contributed by atoms with E-state index < -0.39 is 17.8 Å². The highest BCUT2D eigenvalue weighted by molar-refractivity contribution is 7.12. The van der Waals surface area contributed by atoms with Crippen molar-refractivity contribution in [2.45, 2.75) is 12.5 Å². The Morgan fingerprint density at radius 2 is 1.84 bits per heavy atom. The van der Waals surface area contributed by atoms with E-state index >= 15 is 0 Å². The second-order valence-electron chi connectivity index (χ2n) is 9.16. The molecule has 3 heterocycles. The molecule has 2 amide bonds. The lowest BCUT2D eigenvalue weighted by Crippen LogP contribution is -2.46. The Morgan fingerprint density at radius 3 is 2.58 bits per heavy atom. The van der Waals surface area contributed by atoms with E-state index in [0.29, 0.717) is 31.2 Å². The number of thiophene rings is 1. The molecule has 10 heteroatoms.